The van der Waals surface area contributed by atoms with Crippen LogP contribution in [0.3, 0.4) is 0 Å². The number of H-pyrrole nitrogens is 1. The van der Waals surface area contributed by atoms with E-state index >= 15 is 0 Å². The normalized spacial score (nSPS) is 9.27. The van der Waals surface area contributed by atoms with Crippen LogP contribution in [-0.2, 0) is 0 Å². The lowest BCUT2D eigenvalue weighted by Gasteiger charge is -2.02. The zero-order valence-corrected chi connectivity index (χ0v) is 5.92. The number of nitrogen functional groups attached to an aromatic ring is 1. The zero-order chi connectivity index (χ0) is 8.27. The van der Waals surface area contributed by atoms with Crippen LogP contribution in [0.1, 0.15) is 0 Å². The minimum absolute atomic E-state index is 0.0787. The number of nitrogens with two attached hydrogens (primary N) is 1. The van der Waals surface area contributed by atoms with Crippen molar-refractivity contribution in [2.75, 3.05) is 12.5 Å². The number of rotatable bonds is 2. The van der Waals surface area contributed by atoms with Crippen molar-refractivity contribution < 1.29 is 4.74 Å². The first-order chi connectivity index (χ1) is 5.29. The van der Waals surface area contributed by atoms with Crippen molar-refractivity contribution in [3.05, 3.63) is 16.7 Å². The molecule has 60 valence electrons. The quantitative estimate of drug-likeness (QED) is 0.379. The number of hydrogen-bond donors (Lipinski definition) is 3. The van der Waals surface area contributed by atoms with Crippen LogP contribution in [0.5, 0.6) is 5.75 Å². The summed E-state index contributed by atoms with van der Waals surface area (Å²) in [7, 11) is 1.37. The van der Waals surface area contributed by atoms with Crippen LogP contribution < -0.4 is 21.6 Å². The molecule has 6 nitrogen and oxygen atoms in total. The van der Waals surface area contributed by atoms with Crippen LogP contribution in [0.2, 0.25) is 0 Å². The molecule has 0 bridgehead atoms. The van der Waals surface area contributed by atoms with E-state index in [4.69, 9.17) is 10.6 Å². The minimum Gasteiger partial charge on any atom is -0.488 e. The Morgan fingerprint density at radius 3 is 3.00 bits per heavy atom. The summed E-state index contributed by atoms with van der Waals surface area (Å²) in [4.78, 5) is 17.0. The largest absolute Gasteiger partial charge is 0.488 e. The number of methoxy groups -OCH3 is 1. The molecule has 1 heterocycles. The highest BCUT2D eigenvalue weighted by Crippen LogP contribution is 2.11. The van der Waals surface area contributed by atoms with E-state index in [0.717, 1.165) is 0 Å². The van der Waals surface area contributed by atoms with E-state index in [9.17, 15) is 4.79 Å². The third kappa shape index (κ3) is 1.30. The van der Waals surface area contributed by atoms with E-state index < -0.39 is 0 Å². The van der Waals surface area contributed by atoms with Gasteiger partial charge in [-0.2, -0.15) is 0 Å². The lowest BCUT2D eigenvalue weighted by atomic mass is 10.5. The molecule has 0 spiro atoms. The van der Waals surface area contributed by atoms with Gasteiger partial charge in [-0.1, -0.05) is 0 Å². The minimum atomic E-state index is -0.365. The van der Waals surface area contributed by atoms with Crippen molar-refractivity contribution in [2.45, 2.75) is 0 Å². The summed E-state index contributed by atoms with van der Waals surface area (Å²) < 4.78 is 4.72. The Balaban J connectivity index is 3.24. The number of nitrogens with zero attached hydrogens (tertiary/aromatic N) is 1. The highest BCUT2D eigenvalue weighted by atomic mass is 16.5. The van der Waals surface area contributed by atoms with Gasteiger partial charge in [0.25, 0.3) is 5.56 Å². The molecule has 0 atom stereocenters. The Hall–Kier alpha value is -1.56. The van der Waals surface area contributed by atoms with Crippen molar-refractivity contribution in [1.29, 1.82) is 0 Å². The Morgan fingerprint density at radius 2 is 2.55 bits per heavy atom. The second kappa shape index (κ2) is 3.02. The topological polar surface area (TPSA) is 93.0 Å². The number of ether oxygens (including phenoxy) is 1. The standard InChI is InChI=1S/C5H8N4O2/c1-11-3-4(9-6)7-2-8-5(3)10/h2H,6H2,1H3,(H2,7,8,9,10). The molecule has 0 unspecified atom stereocenters. The molecule has 0 fully saturated rings. The molecule has 1 aromatic heterocycles. The highest BCUT2D eigenvalue weighted by Gasteiger charge is 2.05. The summed E-state index contributed by atoms with van der Waals surface area (Å²) in [6.45, 7) is 0. The molecular formula is C5H8N4O2. The van der Waals surface area contributed by atoms with Crippen LogP contribution >= 0.6 is 0 Å². The second-order valence-electron chi connectivity index (χ2n) is 1.76. The molecule has 11 heavy (non-hydrogen) atoms. The van der Waals surface area contributed by atoms with Crippen LogP contribution in [0.15, 0.2) is 11.1 Å². The maximum absolute atomic E-state index is 10.9. The van der Waals surface area contributed by atoms with Gasteiger partial charge in [0.05, 0.1) is 13.4 Å². The van der Waals surface area contributed by atoms with E-state index in [0.29, 0.717) is 0 Å². The number of aromatic nitrogens is 2. The monoisotopic (exact) mass is 156 g/mol. The fraction of sp³-hybridized carbons (Fsp3) is 0.200. The number of anilines is 1. The van der Waals surface area contributed by atoms with Crippen LogP contribution in [0.25, 0.3) is 0 Å². The molecular weight excluding hydrogens is 148 g/mol. The third-order valence-corrected chi connectivity index (χ3v) is 1.15. The van der Waals surface area contributed by atoms with Gasteiger partial charge in [-0.3, -0.25) is 4.79 Å². The maximum atomic E-state index is 10.9. The number of aromatic amines is 1. The second-order valence-corrected chi connectivity index (χ2v) is 1.76. The van der Waals surface area contributed by atoms with Crippen molar-refractivity contribution in [2.24, 2.45) is 5.84 Å². The third-order valence-electron chi connectivity index (χ3n) is 1.15. The Bertz CT molecular complexity index is 295. The van der Waals surface area contributed by atoms with Crippen molar-refractivity contribution in [3.63, 3.8) is 0 Å². The fourth-order valence-corrected chi connectivity index (χ4v) is 0.679. The average molecular weight is 156 g/mol. The molecule has 1 rings (SSSR count). The summed E-state index contributed by atoms with van der Waals surface area (Å²) in [5.41, 5.74) is 1.87. The smallest absolute Gasteiger partial charge is 0.295 e. The van der Waals surface area contributed by atoms with E-state index in [1.54, 1.807) is 0 Å². The summed E-state index contributed by atoms with van der Waals surface area (Å²) >= 11 is 0. The lowest BCUT2D eigenvalue weighted by molar-refractivity contribution is 0.408. The highest BCUT2D eigenvalue weighted by molar-refractivity contribution is 5.46. The Labute approximate surface area is 62.4 Å². The molecule has 0 amide bonds. The van der Waals surface area contributed by atoms with E-state index in [-0.39, 0.29) is 17.1 Å². The molecule has 0 radical (unpaired) electrons. The van der Waals surface area contributed by atoms with Gasteiger partial charge in [0.2, 0.25) is 5.75 Å². The van der Waals surface area contributed by atoms with Gasteiger partial charge in [-0.05, 0) is 0 Å². The van der Waals surface area contributed by atoms with E-state index in [1.165, 1.54) is 13.4 Å². The first-order valence-corrected chi connectivity index (χ1v) is 2.88. The summed E-state index contributed by atoms with van der Waals surface area (Å²) in [6, 6.07) is 0. The molecule has 0 aliphatic carbocycles. The Morgan fingerprint density at radius 1 is 1.82 bits per heavy atom. The van der Waals surface area contributed by atoms with E-state index in [1.807, 2.05) is 0 Å². The average Bonchev–Trinajstić information content (AvgIpc) is 2.04. The fourth-order valence-electron chi connectivity index (χ4n) is 0.679. The first-order valence-electron chi connectivity index (χ1n) is 2.88. The van der Waals surface area contributed by atoms with Gasteiger partial charge in [0, 0.05) is 0 Å². The predicted molar refractivity (Wildman–Crippen MR) is 39.2 cm³/mol. The number of hydrogen-bond acceptors (Lipinski definition) is 5. The summed E-state index contributed by atoms with van der Waals surface area (Å²) in [5, 5.41) is 0. The van der Waals surface area contributed by atoms with Crippen LogP contribution in [0.4, 0.5) is 5.82 Å². The molecule has 0 saturated carbocycles. The molecule has 1 aromatic rings. The van der Waals surface area contributed by atoms with Crippen molar-refractivity contribution in [3.8, 4) is 5.75 Å². The molecule has 4 N–H and O–H groups in total. The zero-order valence-electron chi connectivity index (χ0n) is 5.92. The SMILES string of the molecule is COc1c(NN)nc[nH]c1=O. The molecule has 0 aliphatic rings. The first kappa shape index (κ1) is 7.55. The van der Waals surface area contributed by atoms with Crippen molar-refractivity contribution in [1.82, 2.24) is 9.97 Å². The predicted octanol–water partition coefficient (Wildman–Crippen LogP) is -0.936. The summed E-state index contributed by atoms with van der Waals surface area (Å²) in [5.74, 6) is 5.35. The van der Waals surface area contributed by atoms with Gasteiger partial charge < -0.3 is 15.1 Å². The Kier molecular flexibility index (Phi) is 2.07. The number of nitrogens with one attached hydrogen (secondary N) is 2. The molecule has 0 aromatic carbocycles. The van der Waals surface area contributed by atoms with Gasteiger partial charge in [-0.15, -0.1) is 0 Å². The van der Waals surface area contributed by atoms with Gasteiger partial charge in [0.15, 0.2) is 5.82 Å². The molecule has 0 saturated heterocycles. The van der Waals surface area contributed by atoms with E-state index in [2.05, 4.69) is 15.4 Å². The molecule has 6 heteroatoms. The van der Waals surface area contributed by atoms with Gasteiger partial charge in [-0.25, -0.2) is 10.8 Å². The maximum Gasteiger partial charge on any atom is 0.295 e. The lowest BCUT2D eigenvalue weighted by Crippen LogP contribution is -2.17. The number of hydrazine groups is 1. The molecule has 0 aliphatic heterocycles. The van der Waals surface area contributed by atoms with Crippen LogP contribution in [0, 0.1) is 0 Å². The van der Waals surface area contributed by atoms with Crippen LogP contribution in [-0.4, -0.2) is 17.1 Å². The van der Waals surface area contributed by atoms with Crippen molar-refractivity contribution >= 4 is 5.82 Å². The van der Waals surface area contributed by atoms with Gasteiger partial charge in [0.1, 0.15) is 0 Å². The summed E-state index contributed by atoms with van der Waals surface area (Å²) in [6.07, 6.45) is 1.24. The van der Waals surface area contributed by atoms with Gasteiger partial charge >= 0.3 is 0 Å².